The van der Waals surface area contributed by atoms with Gasteiger partial charge in [-0.1, -0.05) is 22.9 Å². The van der Waals surface area contributed by atoms with Crippen molar-refractivity contribution in [1.29, 1.82) is 0 Å². The van der Waals surface area contributed by atoms with E-state index in [1.807, 2.05) is 12.1 Å². The second kappa shape index (κ2) is 8.47. The molecule has 0 bridgehead atoms. The van der Waals surface area contributed by atoms with Crippen LogP contribution in [0.5, 0.6) is 0 Å². The van der Waals surface area contributed by atoms with Crippen molar-refractivity contribution in [1.82, 2.24) is 9.29 Å². The SMILES string of the molecule is CS(=O)(=O)N1CCC(C(=O)N(CC2CCCO2)c2nc3ccc(Cl)cc3s2)CC1. The predicted molar refractivity (Wildman–Crippen MR) is 115 cm³/mol. The highest BCUT2D eigenvalue weighted by molar-refractivity contribution is 7.88. The molecule has 158 valence electrons. The third-order valence-corrected chi connectivity index (χ3v) is 8.10. The van der Waals surface area contributed by atoms with Gasteiger partial charge < -0.3 is 4.74 Å². The topological polar surface area (TPSA) is 79.8 Å². The molecule has 2 saturated heterocycles. The Balaban J connectivity index is 1.57. The molecule has 2 fully saturated rings. The number of carbonyl (C=O) groups is 1. The van der Waals surface area contributed by atoms with Crippen LogP contribution >= 0.6 is 22.9 Å². The third kappa shape index (κ3) is 4.74. The second-order valence-corrected chi connectivity index (χ2v) is 11.1. The number of fused-ring (bicyclic) bond motifs is 1. The molecule has 0 radical (unpaired) electrons. The van der Waals surface area contributed by atoms with Crippen LogP contribution in [0.25, 0.3) is 10.2 Å². The fourth-order valence-electron chi connectivity index (χ4n) is 3.91. The zero-order valence-corrected chi connectivity index (χ0v) is 18.6. The van der Waals surface area contributed by atoms with E-state index in [2.05, 4.69) is 4.98 Å². The lowest BCUT2D eigenvalue weighted by atomic mass is 9.96. The number of amides is 1. The Labute approximate surface area is 179 Å². The van der Waals surface area contributed by atoms with E-state index < -0.39 is 10.0 Å². The molecule has 0 N–H and O–H groups in total. The van der Waals surface area contributed by atoms with Crippen LogP contribution in [0.2, 0.25) is 5.02 Å². The average Bonchev–Trinajstić information content (AvgIpc) is 3.34. The zero-order chi connectivity index (χ0) is 20.6. The van der Waals surface area contributed by atoms with Gasteiger partial charge in [0, 0.05) is 30.6 Å². The van der Waals surface area contributed by atoms with Gasteiger partial charge in [0.1, 0.15) is 0 Å². The smallest absolute Gasteiger partial charge is 0.232 e. The summed E-state index contributed by atoms with van der Waals surface area (Å²) < 4.78 is 31.7. The van der Waals surface area contributed by atoms with E-state index in [1.54, 1.807) is 11.0 Å². The Kier molecular flexibility index (Phi) is 6.13. The van der Waals surface area contributed by atoms with E-state index in [9.17, 15) is 13.2 Å². The molecule has 29 heavy (non-hydrogen) atoms. The molecule has 0 spiro atoms. The lowest BCUT2D eigenvalue weighted by molar-refractivity contribution is -0.123. The molecule has 10 heteroatoms. The van der Waals surface area contributed by atoms with Crippen molar-refractivity contribution in [3.05, 3.63) is 23.2 Å². The summed E-state index contributed by atoms with van der Waals surface area (Å²) in [5, 5.41) is 1.28. The first-order chi connectivity index (χ1) is 13.8. The van der Waals surface area contributed by atoms with E-state index in [-0.39, 0.29) is 17.9 Å². The van der Waals surface area contributed by atoms with Gasteiger partial charge in [-0.05, 0) is 43.9 Å². The molecular formula is C19H24ClN3O4S2. The molecule has 0 saturated carbocycles. The highest BCUT2D eigenvalue weighted by Crippen LogP contribution is 2.33. The van der Waals surface area contributed by atoms with Crippen LogP contribution in [0.1, 0.15) is 25.7 Å². The van der Waals surface area contributed by atoms with Gasteiger partial charge in [-0.25, -0.2) is 17.7 Å². The summed E-state index contributed by atoms with van der Waals surface area (Å²) in [6.07, 6.45) is 4.17. The maximum absolute atomic E-state index is 13.4. The number of rotatable bonds is 5. The molecular weight excluding hydrogens is 434 g/mol. The molecule has 3 heterocycles. The molecule has 4 rings (SSSR count). The highest BCUT2D eigenvalue weighted by atomic mass is 35.5. The highest BCUT2D eigenvalue weighted by Gasteiger charge is 2.34. The molecule has 1 amide bonds. The Morgan fingerprint density at radius 1 is 1.34 bits per heavy atom. The van der Waals surface area contributed by atoms with Gasteiger partial charge >= 0.3 is 0 Å². The number of benzene rings is 1. The van der Waals surface area contributed by atoms with Crippen molar-refractivity contribution < 1.29 is 17.9 Å². The Morgan fingerprint density at radius 3 is 2.76 bits per heavy atom. The number of aromatic nitrogens is 1. The van der Waals surface area contributed by atoms with E-state index in [0.717, 1.165) is 29.7 Å². The molecule has 1 aromatic heterocycles. The van der Waals surface area contributed by atoms with Gasteiger partial charge in [-0.3, -0.25) is 9.69 Å². The van der Waals surface area contributed by atoms with E-state index in [1.165, 1.54) is 21.9 Å². The first-order valence-electron chi connectivity index (χ1n) is 9.75. The van der Waals surface area contributed by atoms with Gasteiger partial charge in [0.05, 0.1) is 29.1 Å². The lowest BCUT2D eigenvalue weighted by Crippen LogP contribution is -2.46. The number of carbonyl (C=O) groups excluding carboxylic acids is 1. The largest absolute Gasteiger partial charge is 0.376 e. The van der Waals surface area contributed by atoms with Gasteiger partial charge in [0.25, 0.3) is 0 Å². The van der Waals surface area contributed by atoms with Crippen LogP contribution < -0.4 is 4.90 Å². The van der Waals surface area contributed by atoms with Crippen LogP contribution in [0.3, 0.4) is 0 Å². The molecule has 0 aliphatic carbocycles. The summed E-state index contributed by atoms with van der Waals surface area (Å²) in [5.74, 6) is -0.219. The third-order valence-electron chi connectivity index (χ3n) is 5.52. The van der Waals surface area contributed by atoms with E-state index >= 15 is 0 Å². The summed E-state index contributed by atoms with van der Waals surface area (Å²) in [5.41, 5.74) is 0.812. The standard InChI is InChI=1S/C19H24ClN3O4S2/c1-29(25,26)22-8-6-13(7-9-22)18(24)23(12-15-3-2-10-27-15)19-21-16-5-4-14(20)11-17(16)28-19/h4-5,11,13,15H,2-3,6-10,12H2,1H3. The number of nitrogens with zero attached hydrogens (tertiary/aromatic N) is 3. The summed E-state index contributed by atoms with van der Waals surface area (Å²) in [4.78, 5) is 19.8. The molecule has 1 aromatic carbocycles. The number of halogens is 1. The minimum absolute atomic E-state index is 0.00111. The quantitative estimate of drug-likeness (QED) is 0.689. The van der Waals surface area contributed by atoms with Crippen LogP contribution in [0.15, 0.2) is 18.2 Å². The van der Waals surface area contributed by atoms with Crippen molar-refractivity contribution in [3.8, 4) is 0 Å². The molecule has 7 nitrogen and oxygen atoms in total. The van der Waals surface area contributed by atoms with Crippen LogP contribution in [0, 0.1) is 5.92 Å². The zero-order valence-electron chi connectivity index (χ0n) is 16.2. The fraction of sp³-hybridized carbons (Fsp3) is 0.579. The van der Waals surface area contributed by atoms with Crippen molar-refractivity contribution in [2.45, 2.75) is 31.8 Å². The van der Waals surface area contributed by atoms with Gasteiger partial charge in [-0.2, -0.15) is 0 Å². The van der Waals surface area contributed by atoms with Crippen molar-refractivity contribution in [3.63, 3.8) is 0 Å². The van der Waals surface area contributed by atoms with Crippen LogP contribution in [0.4, 0.5) is 5.13 Å². The van der Waals surface area contributed by atoms with Gasteiger partial charge in [0.2, 0.25) is 15.9 Å². The summed E-state index contributed by atoms with van der Waals surface area (Å²) in [7, 11) is -3.22. The first-order valence-corrected chi connectivity index (χ1v) is 12.8. The van der Waals surface area contributed by atoms with Crippen molar-refractivity contribution in [2.75, 3.05) is 37.4 Å². The van der Waals surface area contributed by atoms with E-state index in [0.29, 0.717) is 42.6 Å². The molecule has 2 aromatic rings. The number of thiazole rings is 1. The Bertz CT molecular complexity index is 996. The molecule has 2 aliphatic rings. The van der Waals surface area contributed by atoms with Crippen LogP contribution in [-0.4, -0.2) is 62.2 Å². The van der Waals surface area contributed by atoms with Crippen molar-refractivity contribution >= 4 is 54.2 Å². The monoisotopic (exact) mass is 457 g/mol. The number of hydrogen-bond acceptors (Lipinski definition) is 6. The average molecular weight is 458 g/mol. The maximum Gasteiger partial charge on any atom is 0.232 e. The van der Waals surface area contributed by atoms with Crippen molar-refractivity contribution in [2.24, 2.45) is 5.92 Å². The van der Waals surface area contributed by atoms with Crippen LogP contribution in [-0.2, 0) is 19.6 Å². The molecule has 2 aliphatic heterocycles. The second-order valence-electron chi connectivity index (χ2n) is 7.63. The number of sulfonamides is 1. The molecule has 1 atom stereocenters. The minimum Gasteiger partial charge on any atom is -0.376 e. The Hall–Kier alpha value is -1.26. The number of piperidine rings is 1. The normalized spacial score (nSPS) is 21.7. The van der Waals surface area contributed by atoms with Gasteiger partial charge in [-0.15, -0.1) is 0 Å². The maximum atomic E-state index is 13.4. The molecule has 1 unspecified atom stereocenters. The minimum atomic E-state index is -3.22. The fourth-order valence-corrected chi connectivity index (χ4v) is 6.04. The number of hydrogen-bond donors (Lipinski definition) is 0. The summed E-state index contributed by atoms with van der Waals surface area (Å²) >= 11 is 7.55. The number of ether oxygens (including phenoxy) is 1. The van der Waals surface area contributed by atoms with Gasteiger partial charge in [0.15, 0.2) is 5.13 Å². The lowest BCUT2D eigenvalue weighted by Gasteiger charge is -2.33. The first kappa shape index (κ1) is 21.0. The summed E-state index contributed by atoms with van der Waals surface area (Å²) in [6.45, 7) is 1.94. The van der Waals surface area contributed by atoms with E-state index in [4.69, 9.17) is 16.3 Å². The predicted octanol–water partition coefficient (Wildman–Crippen LogP) is 3.13. The summed E-state index contributed by atoms with van der Waals surface area (Å²) in [6, 6.07) is 5.51. The number of anilines is 1. The Morgan fingerprint density at radius 2 is 2.10 bits per heavy atom.